The van der Waals surface area contributed by atoms with Crippen molar-refractivity contribution >= 4 is 0 Å². The average Bonchev–Trinajstić information content (AvgIpc) is 2.20. The Morgan fingerprint density at radius 3 is 2.19 bits per heavy atom. The van der Waals surface area contributed by atoms with Crippen LogP contribution in [0.5, 0.6) is 0 Å². The highest BCUT2D eigenvalue weighted by atomic mass is 16.5. The molecule has 1 atom stereocenters. The van der Waals surface area contributed by atoms with Gasteiger partial charge in [-0.2, -0.15) is 0 Å². The Bertz CT molecular complexity index is 158. The van der Waals surface area contributed by atoms with Crippen LogP contribution in [0.1, 0.15) is 33.6 Å². The smallest absolute Gasteiger partial charge is 0.0700 e. The molecule has 0 radical (unpaired) electrons. The molecule has 0 aliphatic heterocycles. The van der Waals surface area contributed by atoms with Crippen molar-refractivity contribution in [2.75, 3.05) is 33.5 Å². The Hall–Kier alpha value is -0.160. The zero-order valence-corrected chi connectivity index (χ0v) is 11.2. The van der Waals surface area contributed by atoms with Gasteiger partial charge >= 0.3 is 0 Å². The maximum atomic E-state index is 5.83. The summed E-state index contributed by atoms with van der Waals surface area (Å²) < 4.78 is 10.9. The molecule has 4 nitrogen and oxygen atoms in total. The molecule has 1 unspecified atom stereocenters. The molecular formula is C12H28N2O2. The Morgan fingerprint density at radius 2 is 1.69 bits per heavy atom. The summed E-state index contributed by atoms with van der Waals surface area (Å²) in [4.78, 5) is 0. The van der Waals surface area contributed by atoms with Gasteiger partial charge in [0, 0.05) is 24.8 Å². The monoisotopic (exact) mass is 232 g/mol. The zero-order chi connectivity index (χ0) is 12.4. The highest BCUT2D eigenvalue weighted by molar-refractivity contribution is 4.70. The number of nitrogens with one attached hydrogen (secondary N) is 1. The molecule has 0 aliphatic carbocycles. The van der Waals surface area contributed by atoms with Gasteiger partial charge in [0.05, 0.1) is 13.2 Å². The molecule has 0 spiro atoms. The van der Waals surface area contributed by atoms with E-state index in [1.165, 1.54) is 0 Å². The summed E-state index contributed by atoms with van der Waals surface area (Å²) in [5, 5.41) is 3.17. The highest BCUT2D eigenvalue weighted by Gasteiger charge is 2.09. The minimum absolute atomic E-state index is 0.136. The normalized spacial score (nSPS) is 14.1. The zero-order valence-electron chi connectivity index (χ0n) is 11.2. The van der Waals surface area contributed by atoms with E-state index in [-0.39, 0.29) is 5.54 Å². The van der Waals surface area contributed by atoms with E-state index in [0.29, 0.717) is 25.9 Å². The lowest BCUT2D eigenvalue weighted by Gasteiger charge is -2.17. The molecule has 98 valence electrons. The van der Waals surface area contributed by atoms with Gasteiger partial charge in [0.25, 0.3) is 0 Å². The lowest BCUT2D eigenvalue weighted by atomic mass is 10.0. The number of ether oxygens (including phenoxy) is 2. The van der Waals surface area contributed by atoms with E-state index in [1.54, 1.807) is 0 Å². The summed E-state index contributed by atoms with van der Waals surface area (Å²) in [6, 6.07) is 0.513. The molecule has 0 aromatic carbocycles. The van der Waals surface area contributed by atoms with Crippen LogP contribution in [0.4, 0.5) is 0 Å². The van der Waals surface area contributed by atoms with E-state index in [2.05, 4.69) is 12.2 Å². The molecule has 0 fully saturated rings. The van der Waals surface area contributed by atoms with Crippen molar-refractivity contribution in [2.24, 2.45) is 5.73 Å². The first-order valence-electron chi connectivity index (χ1n) is 6.07. The lowest BCUT2D eigenvalue weighted by molar-refractivity contribution is 0.0401. The van der Waals surface area contributed by atoms with Gasteiger partial charge < -0.3 is 20.5 Å². The molecule has 16 heavy (non-hydrogen) atoms. The van der Waals surface area contributed by atoms with E-state index in [0.717, 1.165) is 19.4 Å². The van der Waals surface area contributed by atoms with Crippen LogP contribution in [-0.4, -0.2) is 45.1 Å². The van der Waals surface area contributed by atoms with Crippen LogP contribution in [0.3, 0.4) is 0 Å². The molecular weight excluding hydrogens is 204 g/mol. The van der Waals surface area contributed by atoms with Crippen LogP contribution in [0, 0.1) is 0 Å². The van der Waals surface area contributed by atoms with Gasteiger partial charge in [-0.1, -0.05) is 0 Å². The first-order chi connectivity index (χ1) is 7.45. The van der Waals surface area contributed by atoms with Crippen molar-refractivity contribution in [1.82, 2.24) is 5.32 Å². The van der Waals surface area contributed by atoms with Crippen LogP contribution in [0.15, 0.2) is 0 Å². The predicted octanol–water partition coefficient (Wildman–Crippen LogP) is 1.15. The summed E-state index contributed by atoms with van der Waals surface area (Å²) in [5.74, 6) is 0. The molecule has 0 saturated carbocycles. The topological polar surface area (TPSA) is 56.5 Å². The largest absolute Gasteiger partial charge is 0.379 e. The number of hydrogen-bond donors (Lipinski definition) is 2. The van der Waals surface area contributed by atoms with Gasteiger partial charge in [-0.3, -0.25) is 0 Å². The van der Waals surface area contributed by atoms with Crippen molar-refractivity contribution in [3.05, 3.63) is 0 Å². The standard InChI is InChI=1S/C12H28N2O2/c1-11(14-4)5-7-15-9-10-16-8-6-12(2,3)13/h11,14H,5-10,13H2,1-4H3. The second-order valence-electron chi connectivity index (χ2n) is 4.94. The van der Waals surface area contributed by atoms with Crippen LogP contribution < -0.4 is 11.1 Å². The number of hydrogen-bond acceptors (Lipinski definition) is 4. The number of rotatable bonds is 10. The van der Waals surface area contributed by atoms with Crippen LogP contribution in [0.2, 0.25) is 0 Å². The fourth-order valence-electron chi connectivity index (χ4n) is 1.06. The molecule has 0 aromatic heterocycles. The van der Waals surface area contributed by atoms with Crippen LogP contribution >= 0.6 is 0 Å². The van der Waals surface area contributed by atoms with Crippen molar-refractivity contribution in [1.29, 1.82) is 0 Å². The quantitative estimate of drug-likeness (QED) is 0.555. The number of nitrogens with two attached hydrogens (primary N) is 1. The summed E-state index contributed by atoms with van der Waals surface area (Å²) in [6.45, 7) is 8.97. The van der Waals surface area contributed by atoms with E-state index in [9.17, 15) is 0 Å². The third-order valence-corrected chi connectivity index (χ3v) is 2.45. The maximum Gasteiger partial charge on any atom is 0.0700 e. The minimum atomic E-state index is -0.136. The molecule has 4 heteroatoms. The Morgan fingerprint density at radius 1 is 1.12 bits per heavy atom. The van der Waals surface area contributed by atoms with Gasteiger partial charge in [0.2, 0.25) is 0 Å². The second-order valence-corrected chi connectivity index (χ2v) is 4.94. The van der Waals surface area contributed by atoms with Gasteiger partial charge in [0.15, 0.2) is 0 Å². The molecule has 0 amide bonds. The molecule has 0 bridgehead atoms. The predicted molar refractivity (Wildman–Crippen MR) is 67.7 cm³/mol. The summed E-state index contributed by atoms with van der Waals surface area (Å²) in [7, 11) is 1.96. The molecule has 0 saturated heterocycles. The Balaban J connectivity index is 3.10. The van der Waals surface area contributed by atoms with Crippen molar-refractivity contribution in [3.63, 3.8) is 0 Å². The van der Waals surface area contributed by atoms with Gasteiger partial charge in [-0.25, -0.2) is 0 Å². The van der Waals surface area contributed by atoms with E-state index < -0.39 is 0 Å². The minimum Gasteiger partial charge on any atom is -0.379 e. The Kier molecular flexibility index (Phi) is 8.84. The van der Waals surface area contributed by atoms with Crippen LogP contribution in [0.25, 0.3) is 0 Å². The molecule has 0 rings (SSSR count). The van der Waals surface area contributed by atoms with Gasteiger partial charge in [-0.05, 0) is 40.7 Å². The Labute approximate surface area is 99.9 Å². The fourth-order valence-corrected chi connectivity index (χ4v) is 1.06. The van der Waals surface area contributed by atoms with Gasteiger partial charge in [0.1, 0.15) is 0 Å². The SMILES string of the molecule is CNC(C)CCOCCOCCC(C)(C)N. The fraction of sp³-hybridized carbons (Fsp3) is 1.00. The summed E-state index contributed by atoms with van der Waals surface area (Å²) in [5.41, 5.74) is 5.69. The molecule has 0 heterocycles. The van der Waals surface area contributed by atoms with E-state index in [4.69, 9.17) is 15.2 Å². The first kappa shape index (κ1) is 15.8. The summed E-state index contributed by atoms with van der Waals surface area (Å²) >= 11 is 0. The van der Waals surface area contributed by atoms with Gasteiger partial charge in [-0.15, -0.1) is 0 Å². The lowest BCUT2D eigenvalue weighted by Crippen LogP contribution is -2.33. The van der Waals surface area contributed by atoms with E-state index in [1.807, 2.05) is 20.9 Å². The molecule has 3 N–H and O–H groups in total. The average molecular weight is 232 g/mol. The second kappa shape index (κ2) is 8.93. The van der Waals surface area contributed by atoms with Crippen molar-refractivity contribution in [2.45, 2.75) is 45.2 Å². The first-order valence-corrected chi connectivity index (χ1v) is 6.07. The maximum absolute atomic E-state index is 5.83. The molecule has 0 aromatic rings. The van der Waals surface area contributed by atoms with Crippen molar-refractivity contribution in [3.8, 4) is 0 Å². The summed E-state index contributed by atoms with van der Waals surface area (Å²) in [6.07, 6.45) is 1.91. The van der Waals surface area contributed by atoms with Crippen molar-refractivity contribution < 1.29 is 9.47 Å². The van der Waals surface area contributed by atoms with Crippen LogP contribution in [-0.2, 0) is 9.47 Å². The molecule has 0 aliphatic rings. The third-order valence-electron chi connectivity index (χ3n) is 2.45. The third kappa shape index (κ3) is 11.9. The van der Waals surface area contributed by atoms with E-state index >= 15 is 0 Å². The highest BCUT2D eigenvalue weighted by Crippen LogP contribution is 2.02.